The summed E-state index contributed by atoms with van der Waals surface area (Å²) in [7, 11) is 1.60. The van der Waals surface area contributed by atoms with E-state index in [9.17, 15) is 4.79 Å². The number of anilines is 1. The van der Waals surface area contributed by atoms with Crippen LogP contribution >= 0.6 is 15.9 Å². The van der Waals surface area contributed by atoms with Gasteiger partial charge in [-0.1, -0.05) is 12.8 Å². The van der Waals surface area contributed by atoms with Gasteiger partial charge in [0.15, 0.2) is 0 Å². The van der Waals surface area contributed by atoms with Crippen molar-refractivity contribution < 1.29 is 9.53 Å². The zero-order valence-electron chi connectivity index (χ0n) is 11.0. The summed E-state index contributed by atoms with van der Waals surface area (Å²) in [6, 6.07) is 5.48. The molecule has 0 atom stereocenters. The van der Waals surface area contributed by atoms with Crippen molar-refractivity contribution in [2.45, 2.75) is 37.6 Å². The van der Waals surface area contributed by atoms with Gasteiger partial charge in [0.05, 0.1) is 11.6 Å². The molecule has 0 spiro atoms. The molecule has 0 unspecified atom stereocenters. The minimum absolute atomic E-state index is 0.0335. The topological polar surface area (TPSA) is 64.3 Å². The number of hydrogen-bond donors (Lipinski definition) is 2. The second kappa shape index (κ2) is 5.92. The zero-order chi connectivity index (χ0) is 13.9. The van der Waals surface area contributed by atoms with Gasteiger partial charge in [-0.05, 0) is 40.9 Å². The Labute approximate surface area is 121 Å². The number of benzene rings is 1. The standard InChI is InChI=1S/C14H19BrN2O2/c1-19-12-8-10(4-5-11(12)15)17-13(18)9-14(16)6-2-3-7-14/h4-5,8H,2-3,6-7,9,16H2,1H3,(H,17,18). The molecule has 4 nitrogen and oxygen atoms in total. The third-order valence-electron chi connectivity index (χ3n) is 3.55. The van der Waals surface area contributed by atoms with Crippen molar-refractivity contribution in [1.29, 1.82) is 0 Å². The molecule has 0 heterocycles. The van der Waals surface area contributed by atoms with Gasteiger partial charge in [0.1, 0.15) is 5.75 Å². The normalized spacial score (nSPS) is 17.2. The molecule has 1 aliphatic rings. The van der Waals surface area contributed by atoms with Gasteiger partial charge in [-0.25, -0.2) is 0 Å². The SMILES string of the molecule is COc1cc(NC(=O)CC2(N)CCCC2)ccc1Br. The van der Waals surface area contributed by atoms with Crippen LogP contribution in [0.1, 0.15) is 32.1 Å². The number of amides is 1. The summed E-state index contributed by atoms with van der Waals surface area (Å²) in [5.41, 5.74) is 6.61. The quantitative estimate of drug-likeness (QED) is 0.893. The van der Waals surface area contributed by atoms with Crippen LogP contribution in [0.25, 0.3) is 0 Å². The van der Waals surface area contributed by atoms with Crippen LogP contribution in [0.15, 0.2) is 22.7 Å². The Morgan fingerprint density at radius 2 is 2.16 bits per heavy atom. The molecule has 0 aromatic heterocycles. The largest absolute Gasteiger partial charge is 0.495 e. The number of nitrogens with one attached hydrogen (secondary N) is 1. The molecule has 1 amide bonds. The fraction of sp³-hybridized carbons (Fsp3) is 0.500. The first-order valence-electron chi connectivity index (χ1n) is 6.45. The van der Waals surface area contributed by atoms with Crippen molar-refractivity contribution in [3.05, 3.63) is 22.7 Å². The van der Waals surface area contributed by atoms with Gasteiger partial charge in [0.25, 0.3) is 0 Å². The maximum atomic E-state index is 12.0. The van der Waals surface area contributed by atoms with Crippen molar-refractivity contribution in [2.75, 3.05) is 12.4 Å². The van der Waals surface area contributed by atoms with Crippen LogP contribution in [-0.4, -0.2) is 18.6 Å². The van der Waals surface area contributed by atoms with E-state index in [1.54, 1.807) is 13.2 Å². The molecule has 0 radical (unpaired) electrons. The van der Waals surface area contributed by atoms with Crippen molar-refractivity contribution in [1.82, 2.24) is 0 Å². The van der Waals surface area contributed by atoms with Crippen LogP contribution < -0.4 is 15.8 Å². The molecule has 1 aliphatic carbocycles. The number of carbonyl (C=O) groups excluding carboxylic acids is 1. The summed E-state index contributed by atoms with van der Waals surface area (Å²) in [4.78, 5) is 12.0. The zero-order valence-corrected chi connectivity index (χ0v) is 12.6. The average molecular weight is 327 g/mol. The molecule has 2 rings (SSSR count). The predicted molar refractivity (Wildman–Crippen MR) is 79.3 cm³/mol. The lowest BCUT2D eigenvalue weighted by Crippen LogP contribution is -2.40. The molecule has 1 fully saturated rings. The van der Waals surface area contributed by atoms with E-state index in [2.05, 4.69) is 21.2 Å². The first-order chi connectivity index (χ1) is 9.02. The second-order valence-electron chi connectivity index (χ2n) is 5.14. The van der Waals surface area contributed by atoms with Crippen LogP contribution in [0.2, 0.25) is 0 Å². The van der Waals surface area contributed by atoms with E-state index in [0.29, 0.717) is 12.2 Å². The van der Waals surface area contributed by atoms with Crippen molar-refractivity contribution >= 4 is 27.5 Å². The molecular formula is C14H19BrN2O2. The number of rotatable bonds is 4. The van der Waals surface area contributed by atoms with Crippen LogP contribution in [0.4, 0.5) is 5.69 Å². The monoisotopic (exact) mass is 326 g/mol. The Morgan fingerprint density at radius 1 is 1.47 bits per heavy atom. The van der Waals surface area contributed by atoms with E-state index in [0.717, 1.165) is 35.8 Å². The molecule has 0 aliphatic heterocycles. The highest BCUT2D eigenvalue weighted by Crippen LogP contribution is 2.31. The van der Waals surface area contributed by atoms with Gasteiger partial charge in [-0.15, -0.1) is 0 Å². The lowest BCUT2D eigenvalue weighted by molar-refractivity contribution is -0.117. The number of methoxy groups -OCH3 is 1. The summed E-state index contributed by atoms with van der Waals surface area (Å²) in [5.74, 6) is 0.662. The average Bonchev–Trinajstić information content (AvgIpc) is 2.78. The van der Waals surface area contributed by atoms with E-state index in [1.807, 2.05) is 12.1 Å². The summed E-state index contributed by atoms with van der Waals surface area (Å²) in [6.45, 7) is 0. The van der Waals surface area contributed by atoms with E-state index in [-0.39, 0.29) is 11.4 Å². The van der Waals surface area contributed by atoms with E-state index < -0.39 is 0 Å². The van der Waals surface area contributed by atoms with Crippen LogP contribution in [0.3, 0.4) is 0 Å². The highest BCUT2D eigenvalue weighted by Gasteiger charge is 2.31. The van der Waals surface area contributed by atoms with Gasteiger partial charge in [0, 0.05) is 23.7 Å². The molecule has 0 bridgehead atoms. The summed E-state index contributed by atoms with van der Waals surface area (Å²) in [6.07, 6.45) is 4.49. The first kappa shape index (κ1) is 14.3. The second-order valence-corrected chi connectivity index (χ2v) is 6.00. The summed E-state index contributed by atoms with van der Waals surface area (Å²) < 4.78 is 6.06. The van der Waals surface area contributed by atoms with Crippen molar-refractivity contribution in [2.24, 2.45) is 5.73 Å². The van der Waals surface area contributed by atoms with E-state index in [4.69, 9.17) is 10.5 Å². The first-order valence-corrected chi connectivity index (χ1v) is 7.24. The molecule has 1 saturated carbocycles. The van der Waals surface area contributed by atoms with Gasteiger partial charge in [-0.3, -0.25) is 4.79 Å². The molecule has 5 heteroatoms. The predicted octanol–water partition coefficient (Wildman–Crippen LogP) is 3.06. The number of ether oxygens (including phenoxy) is 1. The Morgan fingerprint density at radius 3 is 2.79 bits per heavy atom. The minimum Gasteiger partial charge on any atom is -0.495 e. The maximum Gasteiger partial charge on any atom is 0.226 e. The molecule has 19 heavy (non-hydrogen) atoms. The fourth-order valence-electron chi connectivity index (χ4n) is 2.52. The maximum absolute atomic E-state index is 12.0. The van der Waals surface area contributed by atoms with Gasteiger partial charge in [-0.2, -0.15) is 0 Å². The van der Waals surface area contributed by atoms with Crippen LogP contribution in [0.5, 0.6) is 5.75 Å². The van der Waals surface area contributed by atoms with E-state index in [1.165, 1.54) is 0 Å². The van der Waals surface area contributed by atoms with Crippen LogP contribution in [-0.2, 0) is 4.79 Å². The van der Waals surface area contributed by atoms with Gasteiger partial charge >= 0.3 is 0 Å². The minimum atomic E-state index is -0.316. The fourth-order valence-corrected chi connectivity index (χ4v) is 2.93. The number of halogens is 1. The Hall–Kier alpha value is -1.07. The highest BCUT2D eigenvalue weighted by molar-refractivity contribution is 9.10. The molecule has 0 saturated heterocycles. The molecule has 104 valence electrons. The Kier molecular flexibility index (Phi) is 4.47. The molecule has 1 aromatic carbocycles. The lowest BCUT2D eigenvalue weighted by Gasteiger charge is -2.22. The summed E-state index contributed by atoms with van der Waals surface area (Å²) >= 11 is 3.38. The molecular weight excluding hydrogens is 308 g/mol. The van der Waals surface area contributed by atoms with Crippen molar-refractivity contribution in [3.8, 4) is 5.75 Å². The van der Waals surface area contributed by atoms with Gasteiger partial charge < -0.3 is 15.8 Å². The molecule has 3 N–H and O–H groups in total. The van der Waals surface area contributed by atoms with Crippen molar-refractivity contribution in [3.63, 3.8) is 0 Å². The Bertz CT molecular complexity index is 471. The van der Waals surface area contributed by atoms with E-state index >= 15 is 0 Å². The van der Waals surface area contributed by atoms with Gasteiger partial charge in [0.2, 0.25) is 5.91 Å². The third-order valence-corrected chi connectivity index (χ3v) is 4.20. The Balaban J connectivity index is 1.98. The number of nitrogens with two attached hydrogens (primary N) is 1. The smallest absolute Gasteiger partial charge is 0.226 e. The highest BCUT2D eigenvalue weighted by atomic mass is 79.9. The third kappa shape index (κ3) is 3.70. The molecule has 1 aromatic rings. The van der Waals surface area contributed by atoms with Crippen LogP contribution in [0, 0.1) is 0 Å². The lowest BCUT2D eigenvalue weighted by atomic mass is 9.94. The number of carbonyl (C=O) groups is 1. The number of hydrogen-bond acceptors (Lipinski definition) is 3. The summed E-state index contributed by atoms with van der Waals surface area (Å²) in [5, 5.41) is 2.88.